The number of carbonyl (C=O) groups is 2. The molecule has 0 radical (unpaired) electrons. The summed E-state index contributed by atoms with van der Waals surface area (Å²) >= 11 is 0. The minimum atomic E-state index is -0.0766. The Morgan fingerprint density at radius 1 is 1.24 bits per heavy atom. The van der Waals surface area contributed by atoms with Gasteiger partial charge in [0.2, 0.25) is 0 Å². The highest BCUT2D eigenvalue weighted by Crippen LogP contribution is 2.23. The van der Waals surface area contributed by atoms with E-state index in [1.807, 2.05) is 17.0 Å². The number of hydrogen-bond acceptors (Lipinski definition) is 4. The molecule has 2 N–H and O–H groups in total. The first-order valence-corrected chi connectivity index (χ1v) is 10.2. The number of pyridine rings is 1. The van der Waals surface area contributed by atoms with E-state index in [9.17, 15) is 9.59 Å². The molecule has 0 saturated carbocycles. The number of furan rings is 1. The highest BCUT2D eigenvalue weighted by Gasteiger charge is 2.23. The van der Waals surface area contributed by atoms with E-state index >= 15 is 0 Å². The van der Waals surface area contributed by atoms with Crippen LogP contribution in [-0.4, -0.2) is 46.3 Å². The van der Waals surface area contributed by atoms with Gasteiger partial charge in [0.25, 0.3) is 11.8 Å². The number of nitrogens with zero attached hydrogens (tertiary/aromatic N) is 2. The molecule has 7 heteroatoms. The molecule has 4 heterocycles. The van der Waals surface area contributed by atoms with Crippen molar-refractivity contribution >= 4 is 22.7 Å². The average Bonchev–Trinajstić information content (AvgIpc) is 3.43. The molecule has 3 aromatic rings. The van der Waals surface area contributed by atoms with Gasteiger partial charge in [0.05, 0.1) is 11.8 Å². The number of aromatic nitrogens is 2. The van der Waals surface area contributed by atoms with Gasteiger partial charge in [0.15, 0.2) is 0 Å². The minimum absolute atomic E-state index is 0.0627. The zero-order chi connectivity index (χ0) is 20.1. The second kappa shape index (κ2) is 8.94. The van der Waals surface area contributed by atoms with E-state index in [0.717, 1.165) is 56.1 Å². The first-order chi connectivity index (χ1) is 14.2. The molecule has 0 spiro atoms. The number of rotatable bonds is 7. The van der Waals surface area contributed by atoms with Crippen LogP contribution in [0.4, 0.5) is 0 Å². The van der Waals surface area contributed by atoms with Crippen LogP contribution < -0.4 is 5.32 Å². The highest BCUT2D eigenvalue weighted by molar-refractivity contribution is 5.97. The topological polar surface area (TPSA) is 91.2 Å². The lowest BCUT2D eigenvalue weighted by molar-refractivity contribution is 0.0685. The first kappa shape index (κ1) is 19.2. The number of hydrogen-bond donors (Lipinski definition) is 2. The minimum Gasteiger partial charge on any atom is -0.472 e. The van der Waals surface area contributed by atoms with E-state index in [4.69, 9.17) is 4.42 Å². The molecule has 0 aliphatic carbocycles. The van der Waals surface area contributed by atoms with Crippen molar-refractivity contribution in [2.45, 2.75) is 32.1 Å². The standard InChI is InChI=1S/C22H26N4O3/c27-21(20-13-18-14-23-9-4-19(18)25-20)24-8-2-1-3-16-5-10-26(11-6-16)22(28)17-7-12-29-15-17/h4,7,9,12-16,25H,1-3,5-6,8,10-11H2,(H,24,27). The largest absolute Gasteiger partial charge is 0.472 e. The van der Waals surface area contributed by atoms with Crippen molar-refractivity contribution in [2.75, 3.05) is 19.6 Å². The number of amides is 2. The molecule has 4 rings (SSSR count). The quantitative estimate of drug-likeness (QED) is 0.599. The van der Waals surface area contributed by atoms with Crippen LogP contribution in [0, 0.1) is 5.92 Å². The summed E-state index contributed by atoms with van der Waals surface area (Å²) in [6, 6.07) is 5.41. The SMILES string of the molecule is O=C(NCCCCC1CCN(C(=O)c2ccoc2)CC1)c1cc2cnccc2[nH]1. The molecule has 3 aromatic heterocycles. The number of fused-ring (bicyclic) bond motifs is 1. The summed E-state index contributed by atoms with van der Waals surface area (Å²) in [5.41, 5.74) is 2.12. The maximum atomic E-state index is 12.3. The normalized spacial score (nSPS) is 15.0. The third-order valence-electron chi connectivity index (χ3n) is 5.66. The summed E-state index contributed by atoms with van der Waals surface area (Å²) in [5.74, 6) is 0.639. The Bertz CT molecular complexity index is 923. The van der Waals surface area contributed by atoms with Gasteiger partial charge < -0.3 is 19.6 Å². The fraction of sp³-hybridized carbons (Fsp3) is 0.409. The van der Waals surface area contributed by atoms with E-state index in [0.29, 0.717) is 23.7 Å². The van der Waals surface area contributed by atoms with Crippen LogP contribution in [0.1, 0.15) is 53.0 Å². The Morgan fingerprint density at radius 2 is 2.10 bits per heavy atom. The van der Waals surface area contributed by atoms with Gasteiger partial charge in [0, 0.05) is 42.9 Å². The van der Waals surface area contributed by atoms with Gasteiger partial charge in [-0.2, -0.15) is 0 Å². The third kappa shape index (κ3) is 4.67. The number of aromatic amines is 1. The number of carbonyl (C=O) groups excluding carboxylic acids is 2. The lowest BCUT2D eigenvalue weighted by Gasteiger charge is -2.31. The highest BCUT2D eigenvalue weighted by atomic mass is 16.3. The fourth-order valence-corrected chi connectivity index (χ4v) is 3.94. The predicted molar refractivity (Wildman–Crippen MR) is 110 cm³/mol. The second-order valence-corrected chi connectivity index (χ2v) is 7.65. The third-order valence-corrected chi connectivity index (χ3v) is 5.66. The van der Waals surface area contributed by atoms with Crippen LogP contribution in [0.3, 0.4) is 0 Å². The molecule has 7 nitrogen and oxygen atoms in total. The zero-order valence-corrected chi connectivity index (χ0v) is 16.4. The Labute approximate surface area is 169 Å². The second-order valence-electron chi connectivity index (χ2n) is 7.65. The molecule has 2 amide bonds. The van der Waals surface area contributed by atoms with Crippen LogP contribution in [0.2, 0.25) is 0 Å². The molecule has 0 unspecified atom stereocenters. The van der Waals surface area contributed by atoms with Crippen LogP contribution in [-0.2, 0) is 0 Å². The smallest absolute Gasteiger partial charge is 0.267 e. The van der Waals surface area contributed by atoms with Crippen LogP contribution in [0.15, 0.2) is 47.5 Å². The van der Waals surface area contributed by atoms with Crippen molar-refractivity contribution in [3.05, 3.63) is 54.4 Å². The van der Waals surface area contributed by atoms with E-state index in [1.165, 1.54) is 12.5 Å². The molecule has 0 bridgehead atoms. The van der Waals surface area contributed by atoms with Gasteiger partial charge in [-0.25, -0.2) is 0 Å². The Hall–Kier alpha value is -3.09. The predicted octanol–water partition coefficient (Wildman–Crippen LogP) is 3.61. The summed E-state index contributed by atoms with van der Waals surface area (Å²) in [5, 5.41) is 3.92. The molecule has 1 aliphatic heterocycles. The van der Waals surface area contributed by atoms with Crippen molar-refractivity contribution in [3.63, 3.8) is 0 Å². The lowest BCUT2D eigenvalue weighted by Crippen LogP contribution is -2.38. The monoisotopic (exact) mass is 394 g/mol. The first-order valence-electron chi connectivity index (χ1n) is 10.2. The summed E-state index contributed by atoms with van der Waals surface area (Å²) < 4.78 is 5.00. The molecule has 152 valence electrons. The number of piperidine rings is 1. The Morgan fingerprint density at radius 3 is 2.86 bits per heavy atom. The summed E-state index contributed by atoms with van der Waals surface area (Å²) in [6.07, 6.45) is 11.8. The molecule has 29 heavy (non-hydrogen) atoms. The summed E-state index contributed by atoms with van der Waals surface area (Å²) in [6.45, 7) is 2.28. The van der Waals surface area contributed by atoms with Crippen LogP contribution in [0.5, 0.6) is 0 Å². The number of H-pyrrole nitrogens is 1. The van der Waals surface area contributed by atoms with Gasteiger partial charge in [0.1, 0.15) is 12.0 Å². The number of nitrogens with one attached hydrogen (secondary N) is 2. The lowest BCUT2D eigenvalue weighted by atomic mass is 9.91. The van der Waals surface area contributed by atoms with Crippen LogP contribution in [0.25, 0.3) is 10.9 Å². The van der Waals surface area contributed by atoms with E-state index in [1.54, 1.807) is 18.5 Å². The molecule has 0 aromatic carbocycles. The molecular formula is C22H26N4O3. The fourth-order valence-electron chi connectivity index (χ4n) is 3.94. The Balaban J connectivity index is 1.12. The summed E-state index contributed by atoms with van der Waals surface area (Å²) in [7, 11) is 0. The maximum Gasteiger partial charge on any atom is 0.267 e. The van der Waals surface area contributed by atoms with Crippen molar-refractivity contribution < 1.29 is 14.0 Å². The van der Waals surface area contributed by atoms with Gasteiger partial charge in [-0.3, -0.25) is 14.6 Å². The maximum absolute atomic E-state index is 12.3. The molecule has 1 aliphatic rings. The van der Waals surface area contributed by atoms with E-state index in [2.05, 4.69) is 15.3 Å². The van der Waals surface area contributed by atoms with Gasteiger partial charge in [-0.15, -0.1) is 0 Å². The Kier molecular flexibility index (Phi) is 5.93. The summed E-state index contributed by atoms with van der Waals surface area (Å²) in [4.78, 5) is 33.7. The number of unbranched alkanes of at least 4 members (excludes halogenated alkanes) is 1. The van der Waals surface area contributed by atoms with Crippen molar-refractivity contribution in [3.8, 4) is 0 Å². The molecular weight excluding hydrogens is 368 g/mol. The molecule has 1 fully saturated rings. The zero-order valence-electron chi connectivity index (χ0n) is 16.4. The van der Waals surface area contributed by atoms with Crippen molar-refractivity contribution in [1.82, 2.24) is 20.2 Å². The molecule has 0 atom stereocenters. The van der Waals surface area contributed by atoms with Gasteiger partial charge >= 0.3 is 0 Å². The van der Waals surface area contributed by atoms with Crippen molar-refractivity contribution in [2.24, 2.45) is 5.92 Å². The van der Waals surface area contributed by atoms with Gasteiger partial charge in [-0.05, 0) is 43.4 Å². The van der Waals surface area contributed by atoms with Gasteiger partial charge in [-0.1, -0.05) is 12.8 Å². The molecule has 1 saturated heterocycles. The van der Waals surface area contributed by atoms with Crippen LogP contribution >= 0.6 is 0 Å². The number of likely N-dealkylation sites (tertiary alicyclic amines) is 1. The van der Waals surface area contributed by atoms with E-state index in [-0.39, 0.29) is 11.8 Å². The van der Waals surface area contributed by atoms with E-state index < -0.39 is 0 Å². The van der Waals surface area contributed by atoms with Crippen molar-refractivity contribution in [1.29, 1.82) is 0 Å². The average molecular weight is 394 g/mol.